The molecule has 21 heavy (non-hydrogen) atoms. The first-order chi connectivity index (χ1) is 10.1. The highest BCUT2D eigenvalue weighted by atomic mass is 16.6. The molecule has 8 nitrogen and oxygen atoms in total. The van der Waals surface area contributed by atoms with Gasteiger partial charge in [0.25, 0.3) is 11.4 Å². The van der Waals surface area contributed by atoms with Crippen LogP contribution in [0.2, 0.25) is 0 Å². The van der Waals surface area contributed by atoms with E-state index in [1.54, 1.807) is 0 Å². The van der Waals surface area contributed by atoms with Gasteiger partial charge >= 0.3 is 0 Å². The number of nitro benzene ring substituents is 2. The summed E-state index contributed by atoms with van der Waals surface area (Å²) in [5, 5.41) is 22.0. The smallest absolute Gasteiger partial charge is 0.279 e. The molecule has 0 aliphatic carbocycles. The van der Waals surface area contributed by atoms with Crippen molar-refractivity contribution in [2.24, 2.45) is 0 Å². The van der Waals surface area contributed by atoms with Gasteiger partial charge in [0.2, 0.25) is 0 Å². The number of benzene rings is 1. The lowest BCUT2D eigenvalue weighted by Gasteiger charge is -2.26. The number of morpholine rings is 1. The third-order valence-electron chi connectivity index (χ3n) is 3.52. The molecule has 0 amide bonds. The second-order valence-corrected chi connectivity index (χ2v) is 4.85. The molecule has 0 unspecified atom stereocenters. The summed E-state index contributed by atoms with van der Waals surface area (Å²) in [5.74, 6) is 0. The van der Waals surface area contributed by atoms with Gasteiger partial charge < -0.3 is 4.74 Å². The molecule has 0 saturated carbocycles. The van der Waals surface area contributed by atoms with Crippen LogP contribution in [0.5, 0.6) is 0 Å². The summed E-state index contributed by atoms with van der Waals surface area (Å²) >= 11 is 0. The highest BCUT2D eigenvalue weighted by molar-refractivity contribution is 5.53. The summed E-state index contributed by atoms with van der Waals surface area (Å²) in [5.41, 5.74) is -0.141. The van der Waals surface area contributed by atoms with Crippen LogP contribution in [-0.4, -0.2) is 47.6 Å². The van der Waals surface area contributed by atoms with Crippen molar-refractivity contribution in [1.29, 1.82) is 0 Å². The van der Waals surface area contributed by atoms with Crippen LogP contribution in [0, 0.1) is 20.2 Å². The van der Waals surface area contributed by atoms with E-state index in [1.807, 2.05) is 0 Å². The highest BCUT2D eigenvalue weighted by Crippen LogP contribution is 2.29. The first-order valence-electron chi connectivity index (χ1n) is 6.80. The van der Waals surface area contributed by atoms with Crippen molar-refractivity contribution in [2.45, 2.75) is 12.8 Å². The van der Waals surface area contributed by atoms with Crippen LogP contribution in [0.25, 0.3) is 0 Å². The van der Waals surface area contributed by atoms with Crippen LogP contribution in [0.3, 0.4) is 0 Å². The summed E-state index contributed by atoms with van der Waals surface area (Å²) in [6.45, 7) is 3.79. The van der Waals surface area contributed by atoms with Gasteiger partial charge in [-0.2, -0.15) is 0 Å². The molecule has 1 heterocycles. The monoisotopic (exact) mass is 295 g/mol. The lowest BCUT2D eigenvalue weighted by atomic mass is 10.0. The largest absolute Gasteiger partial charge is 0.379 e. The predicted molar refractivity (Wildman–Crippen MR) is 75.3 cm³/mol. The third kappa shape index (κ3) is 3.96. The Bertz CT molecular complexity index is 496. The zero-order chi connectivity index (χ0) is 15.2. The molecule has 8 heteroatoms. The Morgan fingerprint density at radius 3 is 2.19 bits per heavy atom. The van der Waals surface area contributed by atoms with Gasteiger partial charge in [-0.15, -0.1) is 0 Å². The maximum Gasteiger partial charge on any atom is 0.279 e. The van der Waals surface area contributed by atoms with E-state index >= 15 is 0 Å². The first-order valence-corrected chi connectivity index (χ1v) is 6.80. The quantitative estimate of drug-likeness (QED) is 0.586. The summed E-state index contributed by atoms with van der Waals surface area (Å²) in [6, 6.07) is 3.98. The lowest BCUT2D eigenvalue weighted by molar-refractivity contribution is -0.395. The number of ether oxygens (including phenoxy) is 1. The molecule has 0 atom stereocenters. The molecule has 114 valence electrons. The molecule has 1 aliphatic heterocycles. The maximum atomic E-state index is 11.0. The minimum absolute atomic E-state index is 0.175. The van der Waals surface area contributed by atoms with Gasteiger partial charge in [-0.3, -0.25) is 25.1 Å². The van der Waals surface area contributed by atoms with E-state index in [4.69, 9.17) is 4.74 Å². The Balaban J connectivity index is 2.06. The summed E-state index contributed by atoms with van der Waals surface area (Å²) in [7, 11) is 0. The number of hydrogen-bond donors (Lipinski definition) is 0. The minimum Gasteiger partial charge on any atom is -0.379 e. The van der Waals surface area contributed by atoms with Crippen LogP contribution in [0.4, 0.5) is 11.4 Å². The van der Waals surface area contributed by atoms with E-state index in [0.29, 0.717) is 26.1 Å². The zero-order valence-corrected chi connectivity index (χ0v) is 11.6. The zero-order valence-electron chi connectivity index (χ0n) is 11.6. The number of nitrogens with zero attached hydrogens (tertiary/aromatic N) is 3. The molecule has 1 saturated heterocycles. The molecular weight excluding hydrogens is 278 g/mol. The van der Waals surface area contributed by atoms with Gasteiger partial charge in [0, 0.05) is 25.2 Å². The van der Waals surface area contributed by atoms with Crippen molar-refractivity contribution >= 4 is 11.4 Å². The fraction of sp³-hybridized carbons (Fsp3) is 0.538. The minimum atomic E-state index is -0.558. The van der Waals surface area contributed by atoms with E-state index < -0.39 is 9.85 Å². The predicted octanol–water partition coefficient (Wildman–Crippen LogP) is 1.77. The van der Waals surface area contributed by atoms with Crippen LogP contribution in [-0.2, 0) is 11.2 Å². The van der Waals surface area contributed by atoms with E-state index in [0.717, 1.165) is 19.6 Å². The van der Waals surface area contributed by atoms with Crippen molar-refractivity contribution < 1.29 is 14.6 Å². The number of rotatable bonds is 6. The van der Waals surface area contributed by atoms with E-state index in [-0.39, 0.29) is 16.9 Å². The summed E-state index contributed by atoms with van der Waals surface area (Å²) < 4.78 is 5.25. The highest BCUT2D eigenvalue weighted by Gasteiger charge is 2.24. The average Bonchev–Trinajstić information content (AvgIpc) is 2.48. The molecule has 0 N–H and O–H groups in total. The topological polar surface area (TPSA) is 98.8 Å². The lowest BCUT2D eigenvalue weighted by Crippen LogP contribution is -2.36. The van der Waals surface area contributed by atoms with Crippen molar-refractivity contribution in [3.8, 4) is 0 Å². The van der Waals surface area contributed by atoms with Crippen molar-refractivity contribution in [1.82, 2.24) is 4.90 Å². The number of hydrogen-bond acceptors (Lipinski definition) is 6. The Labute approximate surface area is 121 Å². The van der Waals surface area contributed by atoms with Crippen molar-refractivity contribution in [3.63, 3.8) is 0 Å². The van der Waals surface area contributed by atoms with Crippen LogP contribution >= 0.6 is 0 Å². The van der Waals surface area contributed by atoms with Gasteiger partial charge in [-0.25, -0.2) is 0 Å². The second-order valence-electron chi connectivity index (χ2n) is 4.85. The van der Waals surface area contributed by atoms with Gasteiger partial charge in [-0.1, -0.05) is 0 Å². The Morgan fingerprint density at radius 1 is 1.10 bits per heavy atom. The van der Waals surface area contributed by atoms with Crippen LogP contribution < -0.4 is 0 Å². The van der Waals surface area contributed by atoms with Crippen LogP contribution in [0.15, 0.2) is 18.2 Å². The van der Waals surface area contributed by atoms with Gasteiger partial charge in [0.1, 0.15) is 5.56 Å². The summed E-state index contributed by atoms with van der Waals surface area (Å²) in [6.07, 6.45) is 0.969. The van der Waals surface area contributed by atoms with Gasteiger partial charge in [-0.05, 0) is 25.5 Å². The number of nitro groups is 2. The third-order valence-corrected chi connectivity index (χ3v) is 3.52. The molecule has 1 aromatic rings. The Kier molecular flexibility index (Phi) is 5.18. The molecule has 1 aromatic carbocycles. The molecule has 0 radical (unpaired) electrons. The van der Waals surface area contributed by atoms with Crippen molar-refractivity contribution in [3.05, 3.63) is 44.0 Å². The van der Waals surface area contributed by atoms with Gasteiger partial charge in [0.05, 0.1) is 23.1 Å². The average molecular weight is 295 g/mol. The van der Waals surface area contributed by atoms with Crippen LogP contribution in [0.1, 0.15) is 12.0 Å². The maximum absolute atomic E-state index is 11.0. The van der Waals surface area contributed by atoms with Gasteiger partial charge in [0.15, 0.2) is 0 Å². The van der Waals surface area contributed by atoms with E-state index in [1.165, 1.54) is 18.2 Å². The standard InChI is InChI=1S/C13H17N3O5/c17-15(18)12-4-1-5-13(16(19)20)11(12)3-2-6-14-7-9-21-10-8-14/h1,4-5H,2-3,6-10H2. The molecular formula is C13H17N3O5. The van der Waals surface area contributed by atoms with E-state index in [9.17, 15) is 20.2 Å². The SMILES string of the molecule is O=[N+]([O-])c1cccc([N+](=O)[O-])c1CCCN1CCOCC1. The fourth-order valence-electron chi connectivity index (χ4n) is 2.47. The fourth-order valence-corrected chi connectivity index (χ4v) is 2.47. The molecule has 1 aliphatic rings. The molecule has 2 rings (SSSR count). The molecule has 1 fully saturated rings. The molecule has 0 aromatic heterocycles. The Morgan fingerprint density at radius 2 is 1.67 bits per heavy atom. The summed E-state index contributed by atoms with van der Waals surface area (Å²) in [4.78, 5) is 23.1. The molecule has 0 bridgehead atoms. The van der Waals surface area contributed by atoms with E-state index in [2.05, 4.69) is 4.90 Å². The Hall–Kier alpha value is -2.06. The molecule has 0 spiro atoms. The normalized spacial score (nSPS) is 15.8. The first kappa shape index (κ1) is 15.3. The second kappa shape index (κ2) is 7.09. The van der Waals surface area contributed by atoms with Crippen molar-refractivity contribution in [2.75, 3.05) is 32.8 Å².